The van der Waals surface area contributed by atoms with Crippen molar-refractivity contribution < 1.29 is 14.3 Å². The minimum Gasteiger partial charge on any atom is -0.489 e. The second-order valence-corrected chi connectivity index (χ2v) is 7.42. The molecular weight excluding hydrogens is 336 g/mol. The third-order valence-electron chi connectivity index (χ3n) is 5.70. The Morgan fingerprint density at radius 2 is 1.78 bits per heavy atom. The van der Waals surface area contributed by atoms with Crippen LogP contribution in [0.2, 0.25) is 0 Å². The van der Waals surface area contributed by atoms with Crippen molar-refractivity contribution in [3.8, 4) is 5.75 Å². The predicted molar refractivity (Wildman–Crippen MR) is 105 cm³/mol. The van der Waals surface area contributed by atoms with E-state index in [2.05, 4.69) is 12.2 Å². The van der Waals surface area contributed by atoms with E-state index in [0.29, 0.717) is 35.6 Å². The minimum atomic E-state index is -0.260. The van der Waals surface area contributed by atoms with E-state index in [9.17, 15) is 9.59 Å². The van der Waals surface area contributed by atoms with Crippen LogP contribution in [0.5, 0.6) is 5.75 Å². The van der Waals surface area contributed by atoms with Crippen LogP contribution < -0.4 is 4.74 Å². The number of carbonyl (C=O) groups excluding carboxylic acids is 2. The zero-order valence-corrected chi connectivity index (χ0v) is 15.3. The molecule has 2 aromatic rings. The van der Waals surface area contributed by atoms with Gasteiger partial charge < -0.3 is 4.74 Å². The van der Waals surface area contributed by atoms with Gasteiger partial charge in [-0.05, 0) is 37.8 Å². The number of hydrogen-bond acceptors (Lipinski definition) is 3. The summed E-state index contributed by atoms with van der Waals surface area (Å²) in [4.78, 5) is 25.8. The molecule has 3 heteroatoms. The van der Waals surface area contributed by atoms with Crippen LogP contribution in [-0.2, 0) is 0 Å². The number of ketones is 2. The Morgan fingerprint density at radius 1 is 1.00 bits per heavy atom. The lowest BCUT2D eigenvalue weighted by atomic mass is 9.76. The third-order valence-corrected chi connectivity index (χ3v) is 5.70. The third kappa shape index (κ3) is 3.73. The van der Waals surface area contributed by atoms with Gasteiger partial charge in [-0.1, -0.05) is 54.6 Å². The van der Waals surface area contributed by atoms with E-state index >= 15 is 0 Å². The van der Waals surface area contributed by atoms with Gasteiger partial charge in [-0.2, -0.15) is 0 Å². The molecule has 138 valence electrons. The molecule has 1 heterocycles. The van der Waals surface area contributed by atoms with Crippen LogP contribution in [-0.4, -0.2) is 17.7 Å². The molecule has 1 aliphatic carbocycles. The highest BCUT2D eigenvalue weighted by molar-refractivity contribution is 6.02. The summed E-state index contributed by atoms with van der Waals surface area (Å²) >= 11 is 0. The van der Waals surface area contributed by atoms with E-state index < -0.39 is 0 Å². The van der Waals surface area contributed by atoms with Crippen molar-refractivity contribution in [1.29, 1.82) is 0 Å². The molecule has 0 radical (unpaired) electrons. The molecule has 1 aliphatic heterocycles. The van der Waals surface area contributed by atoms with Crippen LogP contribution in [0.15, 0.2) is 66.7 Å². The average Bonchev–Trinajstić information content (AvgIpc) is 2.74. The van der Waals surface area contributed by atoms with Gasteiger partial charge in [0.1, 0.15) is 11.9 Å². The first-order chi connectivity index (χ1) is 13.2. The van der Waals surface area contributed by atoms with Gasteiger partial charge >= 0.3 is 0 Å². The number of allylic oxidation sites excluding steroid dienone is 2. The van der Waals surface area contributed by atoms with Crippen molar-refractivity contribution in [1.82, 2.24) is 0 Å². The van der Waals surface area contributed by atoms with Gasteiger partial charge in [-0.15, -0.1) is 0 Å². The van der Waals surface area contributed by atoms with E-state index in [1.165, 1.54) is 0 Å². The summed E-state index contributed by atoms with van der Waals surface area (Å²) in [6.45, 7) is 0. The fraction of sp³-hybridized carbons (Fsp3) is 0.333. The molecule has 0 bridgehead atoms. The number of ether oxygens (including phenoxy) is 1. The molecule has 0 amide bonds. The number of carbonyl (C=O) groups is 2. The number of benzene rings is 2. The lowest BCUT2D eigenvalue weighted by Gasteiger charge is -2.38. The Balaban J connectivity index is 1.56. The van der Waals surface area contributed by atoms with Gasteiger partial charge in [-0.3, -0.25) is 9.59 Å². The van der Waals surface area contributed by atoms with Gasteiger partial charge in [0.05, 0.1) is 11.5 Å². The number of rotatable bonds is 5. The van der Waals surface area contributed by atoms with Crippen molar-refractivity contribution in [2.24, 2.45) is 11.8 Å². The second kappa shape index (κ2) is 7.91. The van der Waals surface area contributed by atoms with Crippen LogP contribution in [0.3, 0.4) is 0 Å². The van der Waals surface area contributed by atoms with Gasteiger partial charge in [0.25, 0.3) is 0 Å². The number of fused-ring (bicyclic) bond motifs is 1. The van der Waals surface area contributed by atoms with Gasteiger partial charge in [0, 0.05) is 17.9 Å². The lowest BCUT2D eigenvalue weighted by Crippen LogP contribution is -2.43. The number of para-hydroxylation sites is 1. The van der Waals surface area contributed by atoms with Crippen LogP contribution in [0.4, 0.5) is 0 Å². The molecule has 0 N–H and O–H groups in total. The van der Waals surface area contributed by atoms with Gasteiger partial charge in [-0.25, -0.2) is 0 Å². The highest BCUT2D eigenvalue weighted by Crippen LogP contribution is 2.39. The van der Waals surface area contributed by atoms with E-state index in [-0.39, 0.29) is 23.6 Å². The standard InChI is InChI=1S/C24H24O3/c25-21(17-9-3-1-4-10-17)16-15-20-23(26)19-13-7-8-14-22(19)27-24(20)18-11-5-2-6-12-18/h1-5,7-10,13-14,18,20,24H,6,11-12,15-16H2. The first-order valence-electron chi connectivity index (χ1n) is 9.77. The molecule has 3 unspecified atom stereocenters. The molecule has 0 aromatic heterocycles. The topological polar surface area (TPSA) is 43.4 Å². The van der Waals surface area contributed by atoms with Crippen molar-refractivity contribution in [2.75, 3.05) is 0 Å². The molecule has 0 fully saturated rings. The fourth-order valence-corrected chi connectivity index (χ4v) is 4.24. The summed E-state index contributed by atoms with van der Waals surface area (Å²) in [6.07, 6.45) is 8.12. The highest BCUT2D eigenvalue weighted by Gasteiger charge is 2.41. The maximum Gasteiger partial charge on any atom is 0.173 e. The lowest BCUT2D eigenvalue weighted by molar-refractivity contribution is 0.0397. The summed E-state index contributed by atoms with van der Waals surface area (Å²) in [7, 11) is 0. The number of Topliss-reactive ketones (excluding diaryl/α,β-unsaturated/α-hetero) is 2. The zero-order valence-electron chi connectivity index (χ0n) is 15.3. The highest BCUT2D eigenvalue weighted by atomic mass is 16.5. The number of hydrogen-bond donors (Lipinski definition) is 0. The van der Waals surface area contributed by atoms with Crippen LogP contribution in [0.1, 0.15) is 52.8 Å². The predicted octanol–water partition coefficient (Wildman–Crippen LogP) is 5.27. The summed E-state index contributed by atoms with van der Waals surface area (Å²) in [5.41, 5.74) is 1.36. The Labute approximate surface area is 160 Å². The van der Waals surface area contributed by atoms with E-state index in [0.717, 1.165) is 19.3 Å². The average molecular weight is 360 g/mol. The largest absolute Gasteiger partial charge is 0.489 e. The van der Waals surface area contributed by atoms with Crippen LogP contribution >= 0.6 is 0 Å². The second-order valence-electron chi connectivity index (χ2n) is 7.42. The SMILES string of the molecule is O=C(CCC1C(=O)c2ccccc2OC1C1CC=CCC1)c1ccccc1. The first-order valence-corrected chi connectivity index (χ1v) is 9.77. The molecule has 0 saturated carbocycles. The normalized spacial score (nSPS) is 24.1. The van der Waals surface area contributed by atoms with Crippen molar-refractivity contribution in [2.45, 2.75) is 38.2 Å². The molecule has 27 heavy (non-hydrogen) atoms. The summed E-state index contributed by atoms with van der Waals surface area (Å²) in [6, 6.07) is 16.8. The molecule has 3 atom stereocenters. The minimum absolute atomic E-state index is 0.0875. The van der Waals surface area contributed by atoms with Crippen LogP contribution in [0.25, 0.3) is 0 Å². The van der Waals surface area contributed by atoms with E-state index in [1.54, 1.807) is 0 Å². The summed E-state index contributed by atoms with van der Waals surface area (Å²) in [5, 5.41) is 0. The zero-order chi connectivity index (χ0) is 18.6. The monoisotopic (exact) mass is 360 g/mol. The van der Waals surface area contributed by atoms with E-state index in [1.807, 2.05) is 54.6 Å². The molecule has 4 rings (SSSR count). The molecule has 2 aliphatic rings. The van der Waals surface area contributed by atoms with Crippen molar-refractivity contribution in [3.63, 3.8) is 0 Å². The summed E-state index contributed by atoms with van der Waals surface area (Å²) in [5.74, 6) is 0.961. The molecule has 0 saturated heterocycles. The van der Waals surface area contributed by atoms with Gasteiger partial charge in [0.15, 0.2) is 11.6 Å². The Bertz CT molecular complexity index is 853. The quantitative estimate of drug-likeness (QED) is 0.539. The van der Waals surface area contributed by atoms with Gasteiger partial charge in [0.2, 0.25) is 0 Å². The molecular formula is C24H24O3. The van der Waals surface area contributed by atoms with E-state index in [4.69, 9.17) is 4.74 Å². The Morgan fingerprint density at radius 3 is 2.56 bits per heavy atom. The summed E-state index contributed by atoms with van der Waals surface area (Å²) < 4.78 is 6.33. The smallest absolute Gasteiger partial charge is 0.173 e. The Kier molecular flexibility index (Phi) is 5.19. The first kappa shape index (κ1) is 17.7. The Hall–Kier alpha value is -2.68. The fourth-order valence-electron chi connectivity index (χ4n) is 4.24. The molecule has 2 aromatic carbocycles. The molecule has 0 spiro atoms. The maximum atomic E-state index is 13.2. The van der Waals surface area contributed by atoms with Crippen LogP contribution in [0, 0.1) is 11.8 Å². The van der Waals surface area contributed by atoms with Crippen molar-refractivity contribution in [3.05, 3.63) is 77.9 Å². The molecule has 3 nitrogen and oxygen atoms in total. The van der Waals surface area contributed by atoms with Crippen molar-refractivity contribution >= 4 is 11.6 Å². The maximum absolute atomic E-state index is 13.2.